The Morgan fingerprint density at radius 1 is 1.53 bits per heavy atom. The van der Waals surface area contributed by atoms with Gasteiger partial charge in [-0.25, -0.2) is 0 Å². The molecule has 0 bridgehead atoms. The highest BCUT2D eigenvalue weighted by atomic mass is 16.4. The van der Waals surface area contributed by atoms with Gasteiger partial charge in [-0.2, -0.15) is 0 Å². The Labute approximate surface area is 99.8 Å². The zero-order valence-electron chi connectivity index (χ0n) is 10.1. The molecule has 96 valence electrons. The first-order chi connectivity index (χ1) is 7.83. The highest BCUT2D eigenvalue weighted by molar-refractivity contribution is 5.84. The molecule has 1 heterocycles. The number of nitrogens with one attached hydrogen (secondary N) is 2. The van der Waals surface area contributed by atoms with Crippen LogP contribution in [0, 0.1) is 11.3 Å². The van der Waals surface area contributed by atoms with Gasteiger partial charge in [-0.15, -0.1) is 0 Å². The highest BCUT2D eigenvalue weighted by Gasteiger charge is 2.30. The summed E-state index contributed by atoms with van der Waals surface area (Å²) in [6.07, 6.45) is 0.867. The lowest BCUT2D eigenvalue weighted by Crippen LogP contribution is -2.46. The molecule has 0 aliphatic carbocycles. The van der Waals surface area contributed by atoms with Crippen molar-refractivity contribution in [3.05, 3.63) is 0 Å². The van der Waals surface area contributed by atoms with Gasteiger partial charge in [0.05, 0.1) is 11.3 Å². The molecule has 1 atom stereocenters. The molecular weight excluding hydrogens is 224 g/mol. The number of carboxylic acid groups (broad SMARTS) is 1. The summed E-state index contributed by atoms with van der Waals surface area (Å²) in [6, 6.07) is 0. The Hall–Kier alpha value is -1.59. The summed E-state index contributed by atoms with van der Waals surface area (Å²) < 4.78 is 0. The number of hydrogen-bond acceptors (Lipinski definition) is 3. The molecule has 0 saturated carbocycles. The molecule has 0 aromatic rings. The maximum absolute atomic E-state index is 11.7. The molecule has 1 rings (SSSR count). The zero-order chi connectivity index (χ0) is 13.1. The maximum Gasteiger partial charge on any atom is 0.310 e. The molecule has 1 aliphatic heterocycles. The number of carbonyl (C=O) groups excluding carboxylic acids is 2. The molecule has 0 aromatic heterocycles. The summed E-state index contributed by atoms with van der Waals surface area (Å²) in [5, 5.41) is 14.1. The summed E-state index contributed by atoms with van der Waals surface area (Å²) in [5.74, 6) is -1.44. The third kappa shape index (κ3) is 3.72. The van der Waals surface area contributed by atoms with Gasteiger partial charge < -0.3 is 15.7 Å². The van der Waals surface area contributed by atoms with Crippen LogP contribution in [0.25, 0.3) is 0 Å². The lowest BCUT2D eigenvalue weighted by molar-refractivity contribution is -0.146. The molecule has 3 N–H and O–H groups in total. The number of amides is 2. The van der Waals surface area contributed by atoms with Crippen LogP contribution in [0.2, 0.25) is 0 Å². The molecule has 1 unspecified atom stereocenters. The van der Waals surface area contributed by atoms with Crippen LogP contribution < -0.4 is 10.6 Å². The van der Waals surface area contributed by atoms with Gasteiger partial charge in [0.1, 0.15) is 0 Å². The maximum atomic E-state index is 11.7. The number of carbonyl (C=O) groups is 3. The second-order valence-corrected chi connectivity index (χ2v) is 4.95. The van der Waals surface area contributed by atoms with Gasteiger partial charge in [0.2, 0.25) is 11.8 Å². The summed E-state index contributed by atoms with van der Waals surface area (Å²) in [7, 11) is 0. The first-order valence-corrected chi connectivity index (χ1v) is 5.61. The van der Waals surface area contributed by atoms with Crippen LogP contribution in [0.15, 0.2) is 0 Å². The highest BCUT2D eigenvalue weighted by Crippen LogP contribution is 2.15. The summed E-state index contributed by atoms with van der Waals surface area (Å²) in [5.41, 5.74) is -0.979. The SMILES string of the molecule is CC(C)(CNC(=O)C1CCC(=O)NC1)C(=O)O. The quantitative estimate of drug-likeness (QED) is 0.633. The molecule has 0 aromatic carbocycles. The second kappa shape index (κ2) is 5.16. The average Bonchev–Trinajstić information content (AvgIpc) is 2.27. The second-order valence-electron chi connectivity index (χ2n) is 4.95. The van der Waals surface area contributed by atoms with E-state index in [2.05, 4.69) is 10.6 Å². The van der Waals surface area contributed by atoms with E-state index in [0.717, 1.165) is 0 Å². The van der Waals surface area contributed by atoms with E-state index in [-0.39, 0.29) is 24.3 Å². The van der Waals surface area contributed by atoms with E-state index in [9.17, 15) is 14.4 Å². The van der Waals surface area contributed by atoms with Gasteiger partial charge in [-0.05, 0) is 20.3 Å². The van der Waals surface area contributed by atoms with Gasteiger partial charge >= 0.3 is 5.97 Å². The van der Waals surface area contributed by atoms with Crippen molar-refractivity contribution in [3.63, 3.8) is 0 Å². The van der Waals surface area contributed by atoms with E-state index in [0.29, 0.717) is 19.4 Å². The fraction of sp³-hybridized carbons (Fsp3) is 0.727. The minimum atomic E-state index is -0.979. The van der Waals surface area contributed by atoms with E-state index in [1.807, 2.05) is 0 Å². The largest absolute Gasteiger partial charge is 0.481 e. The molecule has 6 heteroatoms. The Morgan fingerprint density at radius 3 is 2.65 bits per heavy atom. The van der Waals surface area contributed by atoms with Gasteiger partial charge in [0, 0.05) is 19.5 Å². The van der Waals surface area contributed by atoms with E-state index < -0.39 is 11.4 Å². The smallest absolute Gasteiger partial charge is 0.310 e. The zero-order valence-corrected chi connectivity index (χ0v) is 10.1. The summed E-state index contributed by atoms with van der Waals surface area (Å²) in [4.78, 5) is 33.5. The standard InChI is InChI=1S/C11H18N2O4/c1-11(2,10(16)17)6-13-9(15)7-3-4-8(14)12-5-7/h7H,3-6H2,1-2H3,(H,12,14)(H,13,15)(H,16,17). The van der Waals surface area contributed by atoms with Crippen molar-refractivity contribution in [2.45, 2.75) is 26.7 Å². The van der Waals surface area contributed by atoms with Crippen LogP contribution >= 0.6 is 0 Å². The predicted molar refractivity (Wildman–Crippen MR) is 60.2 cm³/mol. The number of aliphatic carboxylic acids is 1. The number of piperidine rings is 1. The third-order valence-electron chi connectivity index (χ3n) is 2.92. The number of carboxylic acids is 1. The van der Waals surface area contributed by atoms with Crippen molar-refractivity contribution in [1.82, 2.24) is 10.6 Å². The van der Waals surface area contributed by atoms with E-state index in [1.54, 1.807) is 13.8 Å². The van der Waals surface area contributed by atoms with Crippen molar-refractivity contribution in [1.29, 1.82) is 0 Å². The first-order valence-electron chi connectivity index (χ1n) is 5.61. The van der Waals surface area contributed by atoms with Crippen LogP contribution in [0.5, 0.6) is 0 Å². The lowest BCUT2D eigenvalue weighted by Gasteiger charge is -2.24. The Kier molecular flexibility index (Phi) is 4.09. The van der Waals surface area contributed by atoms with Crippen LogP contribution in [-0.2, 0) is 14.4 Å². The van der Waals surface area contributed by atoms with Crippen LogP contribution in [-0.4, -0.2) is 36.0 Å². The number of hydrogen-bond donors (Lipinski definition) is 3. The summed E-state index contributed by atoms with van der Waals surface area (Å²) >= 11 is 0. The minimum Gasteiger partial charge on any atom is -0.481 e. The fourth-order valence-electron chi connectivity index (χ4n) is 1.48. The van der Waals surface area contributed by atoms with Crippen molar-refractivity contribution < 1.29 is 19.5 Å². The molecule has 2 amide bonds. The van der Waals surface area contributed by atoms with Gasteiger partial charge in [0.25, 0.3) is 0 Å². The van der Waals surface area contributed by atoms with E-state index >= 15 is 0 Å². The topological polar surface area (TPSA) is 95.5 Å². The van der Waals surface area contributed by atoms with Gasteiger partial charge in [-0.3, -0.25) is 14.4 Å². The molecule has 1 saturated heterocycles. The van der Waals surface area contributed by atoms with Crippen molar-refractivity contribution in [2.24, 2.45) is 11.3 Å². The third-order valence-corrected chi connectivity index (χ3v) is 2.92. The van der Waals surface area contributed by atoms with Crippen LogP contribution in [0.3, 0.4) is 0 Å². The lowest BCUT2D eigenvalue weighted by atomic mass is 9.92. The normalized spacial score (nSPS) is 20.6. The molecule has 0 radical (unpaired) electrons. The molecule has 6 nitrogen and oxygen atoms in total. The molecule has 1 aliphatic rings. The fourth-order valence-corrected chi connectivity index (χ4v) is 1.48. The van der Waals surface area contributed by atoms with Crippen LogP contribution in [0.4, 0.5) is 0 Å². The molecule has 0 spiro atoms. The molecule has 1 fully saturated rings. The Morgan fingerprint density at radius 2 is 2.18 bits per heavy atom. The van der Waals surface area contributed by atoms with E-state index in [1.165, 1.54) is 0 Å². The first kappa shape index (κ1) is 13.5. The monoisotopic (exact) mass is 242 g/mol. The Bertz CT molecular complexity index is 328. The van der Waals surface area contributed by atoms with Gasteiger partial charge in [0.15, 0.2) is 0 Å². The predicted octanol–water partition coefficient (Wildman–Crippen LogP) is -0.260. The molecular formula is C11H18N2O4. The van der Waals surface area contributed by atoms with Crippen molar-refractivity contribution in [2.75, 3.05) is 13.1 Å². The van der Waals surface area contributed by atoms with Crippen molar-refractivity contribution >= 4 is 17.8 Å². The summed E-state index contributed by atoms with van der Waals surface area (Å²) in [6.45, 7) is 3.53. The van der Waals surface area contributed by atoms with Crippen molar-refractivity contribution in [3.8, 4) is 0 Å². The molecule has 17 heavy (non-hydrogen) atoms. The van der Waals surface area contributed by atoms with Gasteiger partial charge in [-0.1, -0.05) is 0 Å². The number of rotatable bonds is 4. The Balaban J connectivity index is 2.40. The minimum absolute atomic E-state index is 0.0417. The van der Waals surface area contributed by atoms with E-state index in [4.69, 9.17) is 5.11 Å². The average molecular weight is 242 g/mol. The van der Waals surface area contributed by atoms with Crippen LogP contribution in [0.1, 0.15) is 26.7 Å².